The Morgan fingerprint density at radius 2 is 2.33 bits per heavy atom. The number of nitrogens with two attached hydrogens (primary N) is 1. The normalized spacial score (nSPS) is 22.2. The molecule has 102 valence electrons. The van der Waals surface area contributed by atoms with E-state index >= 15 is 0 Å². The largest absolute Gasteiger partial charge is 0.374 e. The van der Waals surface area contributed by atoms with Crippen LogP contribution in [-0.4, -0.2) is 48.0 Å². The van der Waals surface area contributed by atoms with E-state index < -0.39 is 10.0 Å². The van der Waals surface area contributed by atoms with Gasteiger partial charge in [-0.2, -0.15) is 0 Å². The Morgan fingerprint density at radius 3 is 2.94 bits per heavy atom. The average molecular weight is 308 g/mol. The third kappa shape index (κ3) is 3.81. The molecule has 0 amide bonds. The molecule has 2 heterocycles. The topological polar surface area (TPSA) is 89.2 Å². The first-order chi connectivity index (χ1) is 8.45. The number of thioether (sulfide) groups is 1. The molecule has 1 aliphatic heterocycles. The second-order valence-corrected chi connectivity index (χ2v) is 8.61. The van der Waals surface area contributed by atoms with Gasteiger partial charge in [0.05, 0.1) is 6.26 Å². The monoisotopic (exact) mass is 308 g/mol. The van der Waals surface area contributed by atoms with Gasteiger partial charge in [0.15, 0.2) is 4.34 Å². The Balaban J connectivity index is 1.86. The van der Waals surface area contributed by atoms with Gasteiger partial charge in [-0.1, -0.05) is 23.1 Å². The fourth-order valence-electron chi connectivity index (χ4n) is 1.93. The lowest BCUT2D eigenvalue weighted by Crippen LogP contribution is -2.39. The third-order valence-corrected chi connectivity index (χ3v) is 6.20. The highest BCUT2D eigenvalue weighted by molar-refractivity contribution is 8.01. The lowest BCUT2D eigenvalue weighted by atomic mass is 10.0. The number of hydrogen-bond acceptors (Lipinski definition) is 7. The van der Waals surface area contributed by atoms with Gasteiger partial charge in [-0.05, 0) is 18.8 Å². The van der Waals surface area contributed by atoms with E-state index in [9.17, 15) is 8.42 Å². The average Bonchev–Trinajstić information content (AvgIpc) is 2.72. The zero-order valence-corrected chi connectivity index (χ0v) is 12.5. The summed E-state index contributed by atoms with van der Waals surface area (Å²) in [6, 6.07) is 0. The van der Waals surface area contributed by atoms with E-state index in [1.165, 1.54) is 17.6 Å². The van der Waals surface area contributed by atoms with Crippen LogP contribution in [0, 0.1) is 5.92 Å². The van der Waals surface area contributed by atoms with Crippen molar-refractivity contribution in [3.63, 3.8) is 0 Å². The number of nitrogen functional groups attached to an aromatic ring is 1. The molecule has 1 aromatic heterocycles. The fourth-order valence-corrected chi connectivity index (χ4v) is 4.66. The zero-order valence-electron chi connectivity index (χ0n) is 10.1. The maximum absolute atomic E-state index is 11.5. The van der Waals surface area contributed by atoms with Crippen LogP contribution in [-0.2, 0) is 10.0 Å². The predicted molar refractivity (Wildman–Crippen MR) is 74.2 cm³/mol. The van der Waals surface area contributed by atoms with Crippen molar-refractivity contribution in [3.05, 3.63) is 0 Å². The van der Waals surface area contributed by atoms with Crippen molar-refractivity contribution in [2.24, 2.45) is 5.92 Å². The van der Waals surface area contributed by atoms with Crippen LogP contribution in [0.2, 0.25) is 0 Å². The Hall–Kier alpha value is -0.380. The van der Waals surface area contributed by atoms with Crippen LogP contribution >= 0.6 is 23.1 Å². The van der Waals surface area contributed by atoms with E-state index in [0.717, 1.165) is 22.9 Å². The summed E-state index contributed by atoms with van der Waals surface area (Å²) in [6.07, 6.45) is 3.26. The maximum atomic E-state index is 11.5. The maximum Gasteiger partial charge on any atom is 0.211 e. The Morgan fingerprint density at radius 1 is 1.56 bits per heavy atom. The third-order valence-electron chi connectivity index (χ3n) is 2.82. The Kier molecular flexibility index (Phi) is 4.46. The molecule has 2 rings (SSSR count). The number of rotatable bonds is 4. The van der Waals surface area contributed by atoms with Crippen LogP contribution in [0.3, 0.4) is 0 Å². The van der Waals surface area contributed by atoms with E-state index in [-0.39, 0.29) is 0 Å². The molecular weight excluding hydrogens is 292 g/mol. The summed E-state index contributed by atoms with van der Waals surface area (Å²) in [5.74, 6) is 1.24. The van der Waals surface area contributed by atoms with Crippen LogP contribution in [0.5, 0.6) is 0 Å². The van der Waals surface area contributed by atoms with Crippen molar-refractivity contribution in [2.45, 2.75) is 17.2 Å². The van der Waals surface area contributed by atoms with Gasteiger partial charge in [-0.25, -0.2) is 12.7 Å². The van der Waals surface area contributed by atoms with Crippen molar-refractivity contribution < 1.29 is 8.42 Å². The van der Waals surface area contributed by atoms with E-state index in [4.69, 9.17) is 5.73 Å². The molecule has 1 saturated heterocycles. The summed E-state index contributed by atoms with van der Waals surface area (Å²) in [6.45, 7) is 1.26. The minimum absolute atomic E-state index is 0.378. The number of piperidine rings is 1. The minimum atomic E-state index is -3.06. The molecule has 9 heteroatoms. The SMILES string of the molecule is CS(=O)(=O)N1CCCC(CSc2nnc(N)s2)C1. The number of aromatic nitrogens is 2. The molecule has 0 radical (unpaired) electrons. The molecule has 0 aromatic carbocycles. The number of nitrogens with zero attached hydrogens (tertiary/aromatic N) is 3. The molecule has 6 nitrogen and oxygen atoms in total. The summed E-state index contributed by atoms with van der Waals surface area (Å²) < 4.78 is 25.4. The van der Waals surface area contributed by atoms with Gasteiger partial charge in [0.1, 0.15) is 0 Å². The molecule has 1 aliphatic rings. The van der Waals surface area contributed by atoms with Gasteiger partial charge in [-0.15, -0.1) is 10.2 Å². The van der Waals surface area contributed by atoms with Crippen molar-refractivity contribution >= 4 is 38.3 Å². The van der Waals surface area contributed by atoms with Crippen LogP contribution in [0.15, 0.2) is 4.34 Å². The van der Waals surface area contributed by atoms with Crippen molar-refractivity contribution in [1.82, 2.24) is 14.5 Å². The van der Waals surface area contributed by atoms with Crippen molar-refractivity contribution in [2.75, 3.05) is 30.8 Å². The fraction of sp³-hybridized carbons (Fsp3) is 0.778. The van der Waals surface area contributed by atoms with Crippen LogP contribution in [0.25, 0.3) is 0 Å². The van der Waals surface area contributed by atoms with Gasteiger partial charge >= 0.3 is 0 Å². The smallest absolute Gasteiger partial charge is 0.211 e. The second-order valence-electron chi connectivity index (χ2n) is 4.35. The van der Waals surface area contributed by atoms with Gasteiger partial charge in [-0.3, -0.25) is 0 Å². The second kappa shape index (κ2) is 5.72. The first-order valence-electron chi connectivity index (χ1n) is 5.62. The highest BCUT2D eigenvalue weighted by atomic mass is 32.2. The molecule has 0 bridgehead atoms. The molecule has 2 N–H and O–H groups in total. The number of sulfonamides is 1. The van der Waals surface area contributed by atoms with E-state index in [2.05, 4.69) is 10.2 Å². The Labute approximate surface area is 115 Å². The summed E-state index contributed by atoms with van der Waals surface area (Å²) in [5.41, 5.74) is 5.51. The summed E-state index contributed by atoms with van der Waals surface area (Å²) >= 11 is 2.97. The molecule has 1 atom stereocenters. The highest BCUT2D eigenvalue weighted by Crippen LogP contribution is 2.29. The molecule has 0 spiro atoms. The van der Waals surface area contributed by atoms with Crippen LogP contribution < -0.4 is 5.73 Å². The molecule has 18 heavy (non-hydrogen) atoms. The van der Waals surface area contributed by atoms with Gasteiger partial charge in [0.25, 0.3) is 0 Å². The standard InChI is InChI=1S/C9H16N4O2S3/c1-18(14,15)13-4-2-3-7(5-13)6-16-9-12-11-8(10)17-9/h7H,2-6H2,1H3,(H2,10,11). The number of anilines is 1. The molecular formula is C9H16N4O2S3. The molecule has 1 unspecified atom stereocenters. The molecule has 0 aliphatic carbocycles. The summed E-state index contributed by atoms with van der Waals surface area (Å²) in [7, 11) is -3.06. The molecule has 0 saturated carbocycles. The summed E-state index contributed by atoms with van der Waals surface area (Å²) in [4.78, 5) is 0. The Bertz CT molecular complexity index is 502. The summed E-state index contributed by atoms with van der Waals surface area (Å²) in [5, 5.41) is 8.17. The number of hydrogen-bond donors (Lipinski definition) is 1. The van der Waals surface area contributed by atoms with Crippen molar-refractivity contribution in [1.29, 1.82) is 0 Å². The molecule has 1 aromatic rings. The minimum Gasteiger partial charge on any atom is -0.374 e. The lowest BCUT2D eigenvalue weighted by molar-refractivity contribution is 0.286. The van der Waals surface area contributed by atoms with Crippen molar-refractivity contribution in [3.8, 4) is 0 Å². The quantitative estimate of drug-likeness (QED) is 0.831. The predicted octanol–water partition coefficient (Wildman–Crippen LogP) is 0.884. The van der Waals surface area contributed by atoms with Crippen LogP contribution in [0.1, 0.15) is 12.8 Å². The lowest BCUT2D eigenvalue weighted by Gasteiger charge is -2.30. The van der Waals surface area contributed by atoms with E-state index in [0.29, 0.717) is 24.1 Å². The molecule has 1 fully saturated rings. The zero-order chi connectivity index (χ0) is 13.2. The first-order valence-corrected chi connectivity index (χ1v) is 9.27. The van der Waals surface area contributed by atoms with E-state index in [1.54, 1.807) is 16.1 Å². The van der Waals surface area contributed by atoms with E-state index in [1.807, 2.05) is 0 Å². The highest BCUT2D eigenvalue weighted by Gasteiger charge is 2.26. The van der Waals surface area contributed by atoms with Crippen LogP contribution in [0.4, 0.5) is 5.13 Å². The van der Waals surface area contributed by atoms with Gasteiger partial charge < -0.3 is 5.73 Å². The van der Waals surface area contributed by atoms with Gasteiger partial charge in [0, 0.05) is 18.8 Å². The van der Waals surface area contributed by atoms with Gasteiger partial charge in [0.2, 0.25) is 15.2 Å². The first kappa shape index (κ1) is 14.0.